The molecule has 0 fully saturated rings. The number of benzene rings is 2. The number of esters is 1. The zero-order valence-electron chi connectivity index (χ0n) is 15.8. The van der Waals surface area contributed by atoms with E-state index in [0.717, 1.165) is 11.1 Å². The Hall–Kier alpha value is -2.82. The smallest absolute Gasteiger partial charge is 0.338 e. The maximum absolute atomic E-state index is 12.3. The molecule has 0 amide bonds. The number of hydrogen-bond acceptors (Lipinski definition) is 5. The van der Waals surface area contributed by atoms with E-state index in [1.807, 2.05) is 39.8 Å². The summed E-state index contributed by atoms with van der Waals surface area (Å²) in [5.41, 5.74) is 2.70. The second kappa shape index (κ2) is 8.52. The molecule has 5 nitrogen and oxygen atoms in total. The van der Waals surface area contributed by atoms with Crippen molar-refractivity contribution in [2.45, 2.75) is 33.8 Å². The number of carbonyl (C=O) groups is 2. The average molecular weight is 356 g/mol. The standard InChI is InChI=1S/C21H24O5/c1-13(2)26-19-9-8-16(11-20(19)24-5)21(23)25-12-18(22)17-10-14(3)6-7-15(17)4/h6-11,13H,12H2,1-5H3. The first-order chi connectivity index (χ1) is 12.3. The molecule has 0 saturated heterocycles. The number of carbonyl (C=O) groups excluding carboxylic acids is 2. The fraction of sp³-hybridized carbons (Fsp3) is 0.333. The van der Waals surface area contributed by atoms with Gasteiger partial charge in [-0.1, -0.05) is 17.7 Å². The molecule has 0 N–H and O–H groups in total. The molecule has 0 unspecified atom stereocenters. The molecule has 2 aromatic rings. The summed E-state index contributed by atoms with van der Waals surface area (Å²) in [6.45, 7) is 7.26. The highest BCUT2D eigenvalue weighted by molar-refractivity contribution is 6.00. The first-order valence-electron chi connectivity index (χ1n) is 8.44. The predicted octanol–water partition coefficient (Wildman–Crippen LogP) is 4.14. The van der Waals surface area contributed by atoms with Gasteiger partial charge in [-0.3, -0.25) is 4.79 Å². The SMILES string of the molecule is COc1cc(C(=O)OCC(=O)c2cc(C)ccc2C)ccc1OC(C)C. The van der Waals surface area contributed by atoms with Gasteiger partial charge in [-0.2, -0.15) is 0 Å². The third-order valence-electron chi connectivity index (χ3n) is 3.79. The number of aryl methyl sites for hydroxylation is 2. The molecule has 0 heterocycles. The molecule has 0 radical (unpaired) electrons. The summed E-state index contributed by atoms with van der Waals surface area (Å²) in [5.74, 6) is 0.170. The Kier molecular flexibility index (Phi) is 6.39. The Balaban J connectivity index is 2.07. The van der Waals surface area contributed by atoms with Crippen molar-refractivity contribution >= 4 is 11.8 Å². The molecule has 0 spiro atoms. The van der Waals surface area contributed by atoms with Gasteiger partial charge in [0.15, 0.2) is 18.1 Å². The number of ketones is 1. The quantitative estimate of drug-likeness (QED) is 0.551. The van der Waals surface area contributed by atoms with Crippen LogP contribution in [-0.2, 0) is 4.74 Å². The molecule has 0 aliphatic rings. The molecule has 2 rings (SSSR count). The van der Waals surface area contributed by atoms with Crippen molar-refractivity contribution in [2.24, 2.45) is 0 Å². The van der Waals surface area contributed by atoms with Crippen molar-refractivity contribution in [3.05, 3.63) is 58.7 Å². The zero-order chi connectivity index (χ0) is 19.3. The van der Waals surface area contributed by atoms with E-state index in [0.29, 0.717) is 22.6 Å². The molecule has 0 aromatic heterocycles. The molecule has 5 heteroatoms. The molecule has 0 atom stereocenters. The van der Waals surface area contributed by atoms with E-state index in [1.54, 1.807) is 24.3 Å². The third-order valence-corrected chi connectivity index (χ3v) is 3.79. The van der Waals surface area contributed by atoms with Crippen LogP contribution in [0.2, 0.25) is 0 Å². The van der Waals surface area contributed by atoms with Crippen molar-refractivity contribution in [1.82, 2.24) is 0 Å². The summed E-state index contributed by atoms with van der Waals surface area (Å²) >= 11 is 0. The molecule has 138 valence electrons. The Morgan fingerprint density at radius 2 is 1.73 bits per heavy atom. The molecular weight excluding hydrogens is 332 g/mol. The fourth-order valence-corrected chi connectivity index (χ4v) is 2.47. The Bertz CT molecular complexity index is 808. The van der Waals surface area contributed by atoms with Gasteiger partial charge in [-0.15, -0.1) is 0 Å². The second-order valence-corrected chi connectivity index (χ2v) is 6.35. The molecule has 2 aromatic carbocycles. The zero-order valence-corrected chi connectivity index (χ0v) is 15.8. The molecule has 0 saturated carbocycles. The van der Waals surface area contributed by atoms with Crippen LogP contribution >= 0.6 is 0 Å². The highest BCUT2D eigenvalue weighted by atomic mass is 16.5. The van der Waals surface area contributed by atoms with Gasteiger partial charge in [-0.25, -0.2) is 4.79 Å². The number of methoxy groups -OCH3 is 1. The van der Waals surface area contributed by atoms with Crippen LogP contribution in [0.1, 0.15) is 45.7 Å². The fourth-order valence-electron chi connectivity index (χ4n) is 2.47. The van der Waals surface area contributed by atoms with E-state index in [9.17, 15) is 9.59 Å². The van der Waals surface area contributed by atoms with Crippen LogP contribution in [0.15, 0.2) is 36.4 Å². The van der Waals surface area contributed by atoms with Crippen molar-refractivity contribution in [1.29, 1.82) is 0 Å². The van der Waals surface area contributed by atoms with Crippen LogP contribution in [0.25, 0.3) is 0 Å². The Morgan fingerprint density at radius 3 is 2.38 bits per heavy atom. The van der Waals surface area contributed by atoms with Crippen LogP contribution in [0.3, 0.4) is 0 Å². The van der Waals surface area contributed by atoms with Gasteiger partial charge in [0.05, 0.1) is 18.8 Å². The monoisotopic (exact) mass is 356 g/mol. The summed E-state index contributed by atoms with van der Waals surface area (Å²) < 4.78 is 16.1. The topological polar surface area (TPSA) is 61.8 Å². The molecule has 0 bridgehead atoms. The van der Waals surface area contributed by atoms with Crippen LogP contribution < -0.4 is 9.47 Å². The van der Waals surface area contributed by atoms with Crippen molar-refractivity contribution in [3.63, 3.8) is 0 Å². The third kappa shape index (κ3) is 4.85. The van der Waals surface area contributed by atoms with Gasteiger partial charge in [0.25, 0.3) is 0 Å². The van der Waals surface area contributed by atoms with Gasteiger partial charge in [-0.05, 0) is 57.5 Å². The van der Waals surface area contributed by atoms with E-state index in [-0.39, 0.29) is 18.5 Å². The number of rotatable bonds is 7. The first-order valence-corrected chi connectivity index (χ1v) is 8.44. The Morgan fingerprint density at radius 1 is 1.00 bits per heavy atom. The lowest BCUT2D eigenvalue weighted by molar-refractivity contribution is 0.0474. The number of Topliss-reactive ketones (excluding diaryl/α,β-unsaturated/α-hetero) is 1. The number of hydrogen-bond donors (Lipinski definition) is 0. The van der Waals surface area contributed by atoms with Crippen LogP contribution in [0.4, 0.5) is 0 Å². The lowest BCUT2D eigenvalue weighted by Gasteiger charge is -2.14. The van der Waals surface area contributed by atoms with Crippen LogP contribution in [0.5, 0.6) is 11.5 Å². The van der Waals surface area contributed by atoms with E-state index in [4.69, 9.17) is 14.2 Å². The van der Waals surface area contributed by atoms with Crippen molar-refractivity contribution in [3.8, 4) is 11.5 Å². The summed E-state index contributed by atoms with van der Waals surface area (Å²) in [6, 6.07) is 10.4. The molecule has 0 aliphatic heterocycles. The summed E-state index contributed by atoms with van der Waals surface area (Å²) in [7, 11) is 1.50. The lowest BCUT2D eigenvalue weighted by Crippen LogP contribution is -2.15. The van der Waals surface area contributed by atoms with E-state index < -0.39 is 5.97 Å². The highest BCUT2D eigenvalue weighted by Gasteiger charge is 2.16. The minimum atomic E-state index is -0.585. The van der Waals surface area contributed by atoms with Crippen LogP contribution in [-0.4, -0.2) is 31.6 Å². The van der Waals surface area contributed by atoms with Crippen LogP contribution in [0, 0.1) is 13.8 Å². The molecular formula is C21H24O5. The predicted molar refractivity (Wildman–Crippen MR) is 99.3 cm³/mol. The second-order valence-electron chi connectivity index (χ2n) is 6.35. The normalized spacial score (nSPS) is 10.5. The van der Waals surface area contributed by atoms with Gasteiger partial charge in [0.2, 0.25) is 5.78 Å². The Labute approximate surface area is 153 Å². The first kappa shape index (κ1) is 19.5. The minimum Gasteiger partial charge on any atom is -0.493 e. The van der Waals surface area contributed by atoms with Crippen molar-refractivity contribution in [2.75, 3.05) is 13.7 Å². The van der Waals surface area contributed by atoms with Gasteiger partial charge >= 0.3 is 5.97 Å². The summed E-state index contributed by atoms with van der Waals surface area (Å²) in [4.78, 5) is 24.6. The lowest BCUT2D eigenvalue weighted by atomic mass is 10.0. The minimum absolute atomic E-state index is 0.0168. The molecule has 26 heavy (non-hydrogen) atoms. The average Bonchev–Trinajstić information content (AvgIpc) is 2.61. The van der Waals surface area contributed by atoms with E-state index >= 15 is 0 Å². The summed E-state index contributed by atoms with van der Waals surface area (Å²) in [6.07, 6.45) is -0.0168. The maximum atomic E-state index is 12.3. The van der Waals surface area contributed by atoms with E-state index in [2.05, 4.69) is 0 Å². The highest BCUT2D eigenvalue weighted by Crippen LogP contribution is 2.29. The van der Waals surface area contributed by atoms with Crippen molar-refractivity contribution < 1.29 is 23.8 Å². The summed E-state index contributed by atoms with van der Waals surface area (Å²) in [5, 5.41) is 0. The number of ether oxygens (including phenoxy) is 3. The van der Waals surface area contributed by atoms with Gasteiger partial charge < -0.3 is 14.2 Å². The van der Waals surface area contributed by atoms with E-state index in [1.165, 1.54) is 7.11 Å². The molecule has 0 aliphatic carbocycles. The van der Waals surface area contributed by atoms with Gasteiger partial charge in [0.1, 0.15) is 0 Å². The van der Waals surface area contributed by atoms with Gasteiger partial charge in [0, 0.05) is 5.56 Å². The largest absolute Gasteiger partial charge is 0.493 e. The maximum Gasteiger partial charge on any atom is 0.338 e.